The number of rotatable bonds is 4. The van der Waals surface area contributed by atoms with E-state index in [0.29, 0.717) is 41.3 Å². The molecule has 2 bridgehead atoms. The normalized spacial score (nSPS) is 24.3. The number of fused-ring (bicyclic) bond motifs is 3. The minimum Gasteiger partial charge on any atom is -0.507 e. The Morgan fingerprint density at radius 1 is 1.21 bits per heavy atom. The largest absolute Gasteiger partial charge is 0.507 e. The van der Waals surface area contributed by atoms with Crippen LogP contribution in [0.15, 0.2) is 30.3 Å². The summed E-state index contributed by atoms with van der Waals surface area (Å²) >= 11 is 0. The maximum Gasteiger partial charge on any atom is 0.326 e. The van der Waals surface area contributed by atoms with Crippen molar-refractivity contribution in [2.24, 2.45) is 0 Å². The Hall–Kier alpha value is -3.46. The van der Waals surface area contributed by atoms with Crippen molar-refractivity contribution >= 4 is 23.8 Å². The Balaban J connectivity index is 1.45. The summed E-state index contributed by atoms with van der Waals surface area (Å²) in [4.78, 5) is 28.0. The third kappa shape index (κ3) is 4.04. The number of carbonyl (C=O) groups excluding carboxylic acids is 2. The fourth-order valence-electron chi connectivity index (χ4n) is 5.16. The highest BCUT2D eigenvalue weighted by molar-refractivity contribution is 5.94. The zero-order chi connectivity index (χ0) is 23.1. The SMILES string of the molecule is CNC(=O)/C=C/c1ccc(-c2cc3c(nn2)N(C2C[C@H]4CC[C@@H](C2)N4)C(=O)N(C)C3)c(O)c1. The molecule has 172 valence electrons. The van der Waals surface area contributed by atoms with E-state index in [4.69, 9.17) is 0 Å². The fraction of sp³-hybridized carbons (Fsp3) is 0.417. The Labute approximate surface area is 192 Å². The van der Waals surface area contributed by atoms with Gasteiger partial charge in [-0.3, -0.25) is 9.69 Å². The highest BCUT2D eigenvalue weighted by atomic mass is 16.3. The fourth-order valence-corrected chi connectivity index (χ4v) is 5.16. The number of likely N-dealkylation sites (N-methyl/N-ethyl adjacent to an activating group) is 1. The number of phenols is 1. The molecule has 4 heterocycles. The summed E-state index contributed by atoms with van der Waals surface area (Å²) < 4.78 is 0. The number of nitrogens with one attached hydrogen (secondary N) is 2. The van der Waals surface area contributed by atoms with Crippen LogP contribution in [0, 0.1) is 0 Å². The number of nitrogens with zero attached hydrogens (tertiary/aromatic N) is 4. The lowest BCUT2D eigenvalue weighted by Crippen LogP contribution is -2.55. The maximum absolute atomic E-state index is 13.1. The first-order valence-corrected chi connectivity index (χ1v) is 11.3. The smallest absolute Gasteiger partial charge is 0.326 e. The molecule has 3 aliphatic rings. The molecule has 0 spiro atoms. The molecule has 3 amide bonds. The van der Waals surface area contributed by atoms with Gasteiger partial charge in [-0.05, 0) is 55.5 Å². The number of hydrogen-bond acceptors (Lipinski definition) is 6. The highest BCUT2D eigenvalue weighted by Gasteiger charge is 2.42. The van der Waals surface area contributed by atoms with Gasteiger partial charge in [0.2, 0.25) is 5.91 Å². The minimum atomic E-state index is -0.218. The number of amides is 3. The van der Waals surface area contributed by atoms with Crippen molar-refractivity contribution in [1.82, 2.24) is 25.7 Å². The number of anilines is 1. The van der Waals surface area contributed by atoms with Gasteiger partial charge in [-0.15, -0.1) is 10.2 Å². The molecule has 9 heteroatoms. The number of urea groups is 1. The van der Waals surface area contributed by atoms with Crippen LogP contribution >= 0.6 is 0 Å². The van der Waals surface area contributed by atoms with Crippen LogP contribution in [0.5, 0.6) is 5.75 Å². The molecule has 0 saturated carbocycles. The predicted molar refractivity (Wildman–Crippen MR) is 125 cm³/mol. The van der Waals surface area contributed by atoms with Crippen LogP contribution in [0.3, 0.4) is 0 Å². The molecule has 1 aromatic heterocycles. The van der Waals surface area contributed by atoms with Gasteiger partial charge >= 0.3 is 6.03 Å². The predicted octanol–water partition coefficient (Wildman–Crippen LogP) is 2.26. The van der Waals surface area contributed by atoms with E-state index in [9.17, 15) is 14.7 Å². The number of phenolic OH excluding ortho intramolecular Hbond substituents is 1. The molecule has 0 aliphatic carbocycles. The molecule has 0 radical (unpaired) electrons. The van der Waals surface area contributed by atoms with E-state index in [-0.39, 0.29) is 23.7 Å². The highest BCUT2D eigenvalue weighted by Crippen LogP contribution is 2.37. The van der Waals surface area contributed by atoms with E-state index in [1.54, 1.807) is 37.2 Å². The first kappa shape index (κ1) is 21.4. The Bertz CT molecular complexity index is 1120. The average molecular weight is 449 g/mol. The quantitative estimate of drug-likeness (QED) is 0.619. The number of benzene rings is 1. The molecule has 2 saturated heterocycles. The second-order valence-corrected chi connectivity index (χ2v) is 9.07. The summed E-state index contributed by atoms with van der Waals surface area (Å²) in [5, 5.41) is 25.6. The molecule has 2 aromatic rings. The van der Waals surface area contributed by atoms with Gasteiger partial charge in [0, 0.05) is 49.4 Å². The lowest BCUT2D eigenvalue weighted by Gasteiger charge is -2.42. The first-order valence-electron chi connectivity index (χ1n) is 11.3. The second kappa shape index (κ2) is 8.47. The number of hydrogen-bond donors (Lipinski definition) is 3. The van der Waals surface area contributed by atoms with E-state index < -0.39 is 0 Å². The maximum atomic E-state index is 13.1. The zero-order valence-electron chi connectivity index (χ0n) is 18.8. The average Bonchev–Trinajstić information content (AvgIpc) is 3.15. The topological polar surface area (TPSA) is 111 Å². The lowest BCUT2D eigenvalue weighted by atomic mass is 9.97. The standard InChI is InChI=1S/C24H28N6O3/c1-25-22(32)8-4-14-3-7-19(21(31)9-14)20-10-15-13-29(2)24(33)30(23(15)28-27-20)18-11-16-5-6-17(12-18)26-16/h3-4,7-10,16-18,26,31H,5-6,11-13H2,1-2H3,(H,25,32)/b8-4+/t16-,17+,18?. The first-order chi connectivity index (χ1) is 15.9. The van der Waals surface area contributed by atoms with Crippen molar-refractivity contribution in [1.29, 1.82) is 0 Å². The van der Waals surface area contributed by atoms with Gasteiger partial charge in [-0.2, -0.15) is 0 Å². The Morgan fingerprint density at radius 3 is 2.67 bits per heavy atom. The molecule has 1 unspecified atom stereocenters. The van der Waals surface area contributed by atoms with E-state index in [1.807, 2.05) is 17.0 Å². The van der Waals surface area contributed by atoms with Crippen LogP contribution < -0.4 is 15.5 Å². The molecule has 5 rings (SSSR count). The summed E-state index contributed by atoms with van der Waals surface area (Å²) in [6, 6.07) is 8.04. The second-order valence-electron chi connectivity index (χ2n) is 9.07. The molecule has 33 heavy (non-hydrogen) atoms. The monoisotopic (exact) mass is 448 g/mol. The van der Waals surface area contributed by atoms with Gasteiger partial charge < -0.3 is 20.6 Å². The Morgan fingerprint density at radius 2 is 1.97 bits per heavy atom. The van der Waals surface area contributed by atoms with Gasteiger partial charge in [0.1, 0.15) is 5.75 Å². The van der Waals surface area contributed by atoms with Gasteiger partial charge in [0.05, 0.1) is 12.2 Å². The molecular formula is C24H28N6O3. The number of carbonyl (C=O) groups is 2. The van der Waals surface area contributed by atoms with Crippen molar-refractivity contribution in [3.63, 3.8) is 0 Å². The van der Waals surface area contributed by atoms with E-state index in [0.717, 1.165) is 31.2 Å². The molecule has 2 fully saturated rings. The van der Waals surface area contributed by atoms with Crippen LogP contribution in [0.4, 0.5) is 10.6 Å². The molecule has 9 nitrogen and oxygen atoms in total. The van der Waals surface area contributed by atoms with Crippen LogP contribution in [0.2, 0.25) is 0 Å². The summed E-state index contributed by atoms with van der Waals surface area (Å²) in [6.45, 7) is 0.443. The zero-order valence-corrected chi connectivity index (χ0v) is 18.8. The summed E-state index contributed by atoms with van der Waals surface area (Å²) in [7, 11) is 3.36. The van der Waals surface area contributed by atoms with E-state index in [1.165, 1.54) is 6.08 Å². The third-order valence-electron chi connectivity index (χ3n) is 6.80. The molecule has 1 aromatic carbocycles. The minimum absolute atomic E-state index is 0.0362. The van der Waals surface area contributed by atoms with E-state index >= 15 is 0 Å². The van der Waals surface area contributed by atoms with Crippen molar-refractivity contribution in [3.8, 4) is 17.0 Å². The molecule has 3 N–H and O–H groups in total. The van der Waals surface area contributed by atoms with Gasteiger partial charge in [0.15, 0.2) is 5.82 Å². The van der Waals surface area contributed by atoms with Gasteiger partial charge in [0.25, 0.3) is 0 Å². The van der Waals surface area contributed by atoms with Crippen LogP contribution in [-0.2, 0) is 11.3 Å². The summed E-state index contributed by atoms with van der Waals surface area (Å²) in [5.74, 6) is 0.456. The molecule has 3 aliphatic heterocycles. The molecule has 3 atom stereocenters. The van der Waals surface area contributed by atoms with Crippen molar-refractivity contribution in [3.05, 3.63) is 41.5 Å². The number of aromatic hydroxyl groups is 1. The van der Waals surface area contributed by atoms with Crippen LogP contribution in [0.25, 0.3) is 17.3 Å². The van der Waals surface area contributed by atoms with Crippen LogP contribution in [0.1, 0.15) is 36.8 Å². The van der Waals surface area contributed by atoms with Gasteiger partial charge in [-0.1, -0.05) is 6.07 Å². The van der Waals surface area contributed by atoms with Crippen molar-refractivity contribution < 1.29 is 14.7 Å². The molecular weight excluding hydrogens is 420 g/mol. The Kier molecular flexibility index (Phi) is 5.49. The summed E-state index contributed by atoms with van der Waals surface area (Å²) in [6.07, 6.45) is 7.19. The van der Waals surface area contributed by atoms with Gasteiger partial charge in [-0.25, -0.2) is 4.79 Å². The third-order valence-corrected chi connectivity index (χ3v) is 6.80. The van der Waals surface area contributed by atoms with Crippen LogP contribution in [-0.4, -0.2) is 64.4 Å². The van der Waals surface area contributed by atoms with E-state index in [2.05, 4.69) is 20.8 Å². The number of piperidine rings is 1. The van der Waals surface area contributed by atoms with Crippen molar-refractivity contribution in [2.75, 3.05) is 19.0 Å². The summed E-state index contributed by atoms with van der Waals surface area (Å²) in [5.41, 5.74) is 2.70. The lowest BCUT2D eigenvalue weighted by molar-refractivity contribution is -0.115. The van der Waals surface area contributed by atoms with Crippen molar-refractivity contribution in [2.45, 2.75) is 50.4 Å². The number of aromatic nitrogens is 2.